The van der Waals surface area contributed by atoms with E-state index in [0.717, 1.165) is 25.7 Å². The van der Waals surface area contributed by atoms with Crippen LogP contribution in [0.25, 0.3) is 0 Å². The van der Waals surface area contributed by atoms with E-state index in [-0.39, 0.29) is 17.6 Å². The van der Waals surface area contributed by atoms with Crippen molar-refractivity contribution in [3.05, 3.63) is 0 Å². The molecule has 10 N–H and O–H groups in total. The van der Waals surface area contributed by atoms with E-state index >= 15 is 0 Å². The first-order chi connectivity index (χ1) is 14.5. The standard InChI is InChI=1S/C22H46N6O3/c1-22(2,3)19(29)18(28-21(31)17(26)11-5-8-14-24)12-6-9-15-27-20(30)16(25)10-4-7-13-23/h16-18H,4-15,23-26H2,1-3H3,(H,27,30)(H,28,31). The number of hydrogen-bond acceptors (Lipinski definition) is 7. The zero-order chi connectivity index (χ0) is 23.9. The minimum Gasteiger partial charge on any atom is -0.355 e. The van der Waals surface area contributed by atoms with Crippen molar-refractivity contribution >= 4 is 17.6 Å². The minimum atomic E-state index is -0.651. The molecule has 0 aromatic carbocycles. The van der Waals surface area contributed by atoms with Gasteiger partial charge in [0.15, 0.2) is 5.78 Å². The Kier molecular flexibility index (Phi) is 15.3. The molecule has 0 saturated carbocycles. The van der Waals surface area contributed by atoms with E-state index in [1.807, 2.05) is 20.8 Å². The predicted molar refractivity (Wildman–Crippen MR) is 125 cm³/mol. The second-order valence-corrected chi connectivity index (χ2v) is 9.24. The Hall–Kier alpha value is -1.55. The summed E-state index contributed by atoms with van der Waals surface area (Å²) in [4.78, 5) is 37.2. The van der Waals surface area contributed by atoms with Crippen LogP contribution in [-0.2, 0) is 14.4 Å². The maximum Gasteiger partial charge on any atom is 0.237 e. The molecule has 2 amide bonds. The number of nitrogens with two attached hydrogens (primary N) is 4. The van der Waals surface area contributed by atoms with Crippen LogP contribution in [-0.4, -0.2) is 55.4 Å². The Bertz CT molecular complexity index is 536. The van der Waals surface area contributed by atoms with Crippen LogP contribution in [0.15, 0.2) is 0 Å². The van der Waals surface area contributed by atoms with Gasteiger partial charge in [0.25, 0.3) is 0 Å². The number of carbonyl (C=O) groups excluding carboxylic acids is 3. The molecule has 0 saturated heterocycles. The molecule has 0 bridgehead atoms. The van der Waals surface area contributed by atoms with Crippen LogP contribution in [0.3, 0.4) is 0 Å². The second kappa shape index (κ2) is 16.1. The van der Waals surface area contributed by atoms with Gasteiger partial charge < -0.3 is 33.6 Å². The Morgan fingerprint density at radius 1 is 0.742 bits per heavy atom. The average molecular weight is 443 g/mol. The van der Waals surface area contributed by atoms with Crippen molar-refractivity contribution in [1.29, 1.82) is 0 Å². The number of nitrogens with one attached hydrogen (secondary N) is 2. The first-order valence-electron chi connectivity index (χ1n) is 11.6. The molecule has 0 heterocycles. The molecule has 9 nitrogen and oxygen atoms in total. The maximum atomic E-state index is 12.8. The first kappa shape index (κ1) is 29.5. The fourth-order valence-electron chi connectivity index (χ4n) is 3.17. The molecule has 0 aliphatic carbocycles. The van der Waals surface area contributed by atoms with Crippen LogP contribution in [0.2, 0.25) is 0 Å². The number of carbonyl (C=O) groups is 3. The summed E-state index contributed by atoms with van der Waals surface area (Å²) >= 11 is 0. The van der Waals surface area contributed by atoms with Gasteiger partial charge in [-0.15, -0.1) is 0 Å². The monoisotopic (exact) mass is 442 g/mol. The number of amides is 2. The van der Waals surface area contributed by atoms with Crippen LogP contribution in [0, 0.1) is 5.41 Å². The van der Waals surface area contributed by atoms with Gasteiger partial charge in [0.1, 0.15) is 0 Å². The predicted octanol–water partition coefficient (Wildman–Crippen LogP) is 0.286. The van der Waals surface area contributed by atoms with Gasteiger partial charge >= 0.3 is 0 Å². The second-order valence-electron chi connectivity index (χ2n) is 9.24. The van der Waals surface area contributed by atoms with Gasteiger partial charge in [0.2, 0.25) is 11.8 Å². The fourth-order valence-corrected chi connectivity index (χ4v) is 3.17. The first-order valence-corrected chi connectivity index (χ1v) is 11.6. The molecule has 0 radical (unpaired) electrons. The van der Waals surface area contributed by atoms with E-state index in [2.05, 4.69) is 10.6 Å². The summed E-state index contributed by atoms with van der Waals surface area (Å²) in [5.41, 5.74) is 22.2. The van der Waals surface area contributed by atoms with E-state index in [1.165, 1.54) is 0 Å². The van der Waals surface area contributed by atoms with Gasteiger partial charge in [-0.1, -0.05) is 33.6 Å². The fraction of sp³-hybridized carbons (Fsp3) is 0.864. The number of ketones is 1. The lowest BCUT2D eigenvalue weighted by Gasteiger charge is -2.26. The van der Waals surface area contributed by atoms with Crippen molar-refractivity contribution < 1.29 is 14.4 Å². The molecule has 3 atom stereocenters. The normalized spacial score (nSPS) is 14.5. The Morgan fingerprint density at radius 2 is 1.23 bits per heavy atom. The number of unbranched alkanes of at least 4 members (excludes halogenated alkanes) is 3. The SMILES string of the molecule is CC(C)(C)C(=O)C(CCCCNC(=O)C(N)CCCCN)NC(=O)C(N)CCCCN. The largest absolute Gasteiger partial charge is 0.355 e. The Balaban J connectivity index is 4.52. The summed E-state index contributed by atoms with van der Waals surface area (Å²) in [5, 5.41) is 5.67. The van der Waals surface area contributed by atoms with E-state index in [0.29, 0.717) is 51.7 Å². The average Bonchev–Trinajstić information content (AvgIpc) is 2.71. The van der Waals surface area contributed by atoms with Gasteiger partial charge in [-0.3, -0.25) is 14.4 Å². The summed E-state index contributed by atoms with van der Waals surface area (Å²) in [6, 6.07) is -1.77. The Morgan fingerprint density at radius 3 is 1.71 bits per heavy atom. The molecular weight excluding hydrogens is 396 g/mol. The molecule has 0 rings (SSSR count). The third-order valence-electron chi connectivity index (χ3n) is 5.20. The van der Waals surface area contributed by atoms with Gasteiger partial charge in [0, 0.05) is 12.0 Å². The molecule has 31 heavy (non-hydrogen) atoms. The molecule has 0 aromatic heterocycles. The highest BCUT2D eigenvalue weighted by Crippen LogP contribution is 2.19. The lowest BCUT2D eigenvalue weighted by molar-refractivity contribution is -0.133. The lowest BCUT2D eigenvalue weighted by Crippen LogP contribution is -2.51. The van der Waals surface area contributed by atoms with Crippen LogP contribution in [0.1, 0.15) is 78.6 Å². The molecule has 182 valence electrons. The topological polar surface area (TPSA) is 179 Å². The zero-order valence-corrected chi connectivity index (χ0v) is 19.8. The van der Waals surface area contributed by atoms with Crippen LogP contribution in [0.5, 0.6) is 0 Å². The third kappa shape index (κ3) is 13.5. The summed E-state index contributed by atoms with van der Waals surface area (Å²) in [5.74, 6) is -0.506. The number of rotatable bonds is 17. The molecule has 9 heteroatoms. The summed E-state index contributed by atoms with van der Waals surface area (Å²) < 4.78 is 0. The van der Waals surface area contributed by atoms with E-state index in [9.17, 15) is 14.4 Å². The molecular formula is C22H46N6O3. The summed E-state index contributed by atoms with van der Waals surface area (Å²) in [6.07, 6.45) is 6.29. The number of Topliss-reactive ketones (excluding diaryl/α,β-unsaturated/α-hetero) is 1. The van der Waals surface area contributed by atoms with Gasteiger partial charge in [-0.2, -0.15) is 0 Å². The Labute approximate surface area is 187 Å². The van der Waals surface area contributed by atoms with Crippen molar-refractivity contribution in [2.45, 2.75) is 96.7 Å². The highest BCUT2D eigenvalue weighted by atomic mass is 16.2. The van der Waals surface area contributed by atoms with E-state index in [4.69, 9.17) is 22.9 Å². The van der Waals surface area contributed by atoms with Crippen molar-refractivity contribution in [3.63, 3.8) is 0 Å². The molecule has 0 aliphatic rings. The van der Waals surface area contributed by atoms with Crippen molar-refractivity contribution in [2.24, 2.45) is 28.3 Å². The van der Waals surface area contributed by atoms with Crippen LogP contribution in [0.4, 0.5) is 0 Å². The minimum absolute atomic E-state index is 0.0269. The highest BCUT2D eigenvalue weighted by molar-refractivity contribution is 5.93. The van der Waals surface area contributed by atoms with E-state index in [1.54, 1.807) is 0 Å². The smallest absolute Gasteiger partial charge is 0.237 e. The van der Waals surface area contributed by atoms with Gasteiger partial charge in [-0.05, 0) is 58.0 Å². The molecule has 0 fully saturated rings. The summed E-state index contributed by atoms with van der Waals surface area (Å²) in [7, 11) is 0. The van der Waals surface area contributed by atoms with Crippen molar-refractivity contribution in [1.82, 2.24) is 10.6 Å². The quantitative estimate of drug-likeness (QED) is 0.175. The maximum absolute atomic E-state index is 12.8. The van der Waals surface area contributed by atoms with Crippen LogP contribution < -0.4 is 33.6 Å². The van der Waals surface area contributed by atoms with Gasteiger partial charge in [-0.25, -0.2) is 0 Å². The van der Waals surface area contributed by atoms with Crippen molar-refractivity contribution in [3.8, 4) is 0 Å². The zero-order valence-electron chi connectivity index (χ0n) is 19.8. The summed E-state index contributed by atoms with van der Waals surface area (Å²) in [6.45, 7) is 7.14. The van der Waals surface area contributed by atoms with Crippen LogP contribution >= 0.6 is 0 Å². The molecule has 0 aromatic rings. The third-order valence-corrected chi connectivity index (χ3v) is 5.20. The van der Waals surface area contributed by atoms with Crippen molar-refractivity contribution in [2.75, 3.05) is 19.6 Å². The van der Waals surface area contributed by atoms with E-state index < -0.39 is 23.5 Å². The molecule has 0 spiro atoms. The van der Waals surface area contributed by atoms with Gasteiger partial charge in [0.05, 0.1) is 18.1 Å². The molecule has 3 unspecified atom stereocenters. The number of hydrogen-bond donors (Lipinski definition) is 6. The molecule has 0 aliphatic heterocycles. The highest BCUT2D eigenvalue weighted by Gasteiger charge is 2.31. The lowest BCUT2D eigenvalue weighted by atomic mass is 9.84.